The number of benzene rings is 1. The standard InChI is InChI=1S/C14H15BrFNOS/c1-10-2-3-13(16)14(6-10)18-5-4-17-8-12-7-11(15)9-19-12/h2-3,6-7,9,17H,4-5,8H2,1H3. The number of rotatable bonds is 6. The monoisotopic (exact) mass is 343 g/mol. The zero-order valence-corrected chi connectivity index (χ0v) is 13.0. The number of hydrogen-bond acceptors (Lipinski definition) is 3. The minimum atomic E-state index is -0.312. The second-order valence-corrected chi connectivity index (χ2v) is 6.10. The van der Waals surface area contributed by atoms with Crippen LogP contribution in [-0.4, -0.2) is 13.2 Å². The minimum absolute atomic E-state index is 0.312. The molecule has 0 aliphatic heterocycles. The molecule has 0 bridgehead atoms. The molecule has 1 N–H and O–H groups in total. The second-order valence-electron chi connectivity index (χ2n) is 4.19. The predicted molar refractivity (Wildman–Crippen MR) is 80.4 cm³/mol. The van der Waals surface area contributed by atoms with Crippen molar-refractivity contribution in [1.29, 1.82) is 0 Å². The Morgan fingerprint density at radius 2 is 2.21 bits per heavy atom. The van der Waals surface area contributed by atoms with Crippen molar-refractivity contribution in [2.24, 2.45) is 0 Å². The van der Waals surface area contributed by atoms with Gasteiger partial charge in [-0.1, -0.05) is 6.07 Å². The molecule has 0 unspecified atom stereocenters. The van der Waals surface area contributed by atoms with Gasteiger partial charge in [0.1, 0.15) is 6.61 Å². The third kappa shape index (κ3) is 4.60. The second kappa shape index (κ2) is 7.03. The van der Waals surface area contributed by atoms with Crippen molar-refractivity contribution in [2.75, 3.05) is 13.2 Å². The van der Waals surface area contributed by atoms with Crippen molar-refractivity contribution in [3.05, 3.63) is 50.4 Å². The molecule has 19 heavy (non-hydrogen) atoms. The number of hydrogen-bond donors (Lipinski definition) is 1. The third-order valence-corrected chi connectivity index (χ3v) is 4.24. The van der Waals surface area contributed by atoms with E-state index in [1.165, 1.54) is 10.9 Å². The Bertz CT molecular complexity index is 544. The number of aryl methyl sites for hydroxylation is 1. The Morgan fingerprint density at radius 1 is 1.37 bits per heavy atom. The molecule has 2 aromatic rings. The van der Waals surface area contributed by atoms with E-state index in [1.807, 2.05) is 6.92 Å². The molecule has 5 heteroatoms. The van der Waals surface area contributed by atoms with E-state index in [-0.39, 0.29) is 5.82 Å². The highest BCUT2D eigenvalue weighted by molar-refractivity contribution is 9.10. The zero-order valence-electron chi connectivity index (χ0n) is 10.6. The van der Waals surface area contributed by atoms with E-state index < -0.39 is 0 Å². The van der Waals surface area contributed by atoms with E-state index in [9.17, 15) is 4.39 Å². The summed E-state index contributed by atoms with van der Waals surface area (Å²) >= 11 is 5.11. The van der Waals surface area contributed by atoms with Gasteiger partial charge >= 0.3 is 0 Å². The highest BCUT2D eigenvalue weighted by atomic mass is 79.9. The van der Waals surface area contributed by atoms with Gasteiger partial charge in [-0.3, -0.25) is 0 Å². The largest absolute Gasteiger partial charge is 0.489 e. The Hall–Kier alpha value is -0.910. The Morgan fingerprint density at radius 3 is 2.95 bits per heavy atom. The van der Waals surface area contributed by atoms with Crippen molar-refractivity contribution in [3.63, 3.8) is 0 Å². The molecule has 1 aromatic carbocycles. The van der Waals surface area contributed by atoms with Gasteiger partial charge in [0.25, 0.3) is 0 Å². The summed E-state index contributed by atoms with van der Waals surface area (Å²) < 4.78 is 19.9. The molecule has 0 aliphatic carbocycles. The van der Waals surface area contributed by atoms with Gasteiger partial charge in [0, 0.05) is 27.8 Å². The highest BCUT2D eigenvalue weighted by Gasteiger charge is 2.03. The first-order valence-electron chi connectivity index (χ1n) is 5.98. The van der Waals surface area contributed by atoms with E-state index in [1.54, 1.807) is 23.5 Å². The molecule has 0 saturated carbocycles. The van der Waals surface area contributed by atoms with Crippen LogP contribution in [0, 0.1) is 12.7 Å². The molecule has 0 atom stereocenters. The van der Waals surface area contributed by atoms with Gasteiger partial charge in [-0.15, -0.1) is 11.3 Å². The summed E-state index contributed by atoms with van der Waals surface area (Å²) in [6, 6.07) is 6.96. The fourth-order valence-corrected chi connectivity index (χ4v) is 3.03. The molecule has 0 fully saturated rings. The molecular weight excluding hydrogens is 329 g/mol. The van der Waals surface area contributed by atoms with Gasteiger partial charge in [0.05, 0.1) is 0 Å². The summed E-state index contributed by atoms with van der Waals surface area (Å²) in [6.07, 6.45) is 0. The average Bonchev–Trinajstić information content (AvgIpc) is 2.79. The first-order valence-corrected chi connectivity index (χ1v) is 7.65. The average molecular weight is 344 g/mol. The summed E-state index contributed by atoms with van der Waals surface area (Å²) in [5, 5.41) is 5.31. The Labute approximate surface area is 124 Å². The predicted octanol–water partition coefficient (Wildman–Crippen LogP) is 4.13. The Balaban J connectivity index is 1.70. The van der Waals surface area contributed by atoms with Crippen molar-refractivity contribution in [1.82, 2.24) is 5.32 Å². The van der Waals surface area contributed by atoms with Crippen LogP contribution in [0.1, 0.15) is 10.4 Å². The van der Waals surface area contributed by atoms with Crippen molar-refractivity contribution < 1.29 is 9.13 Å². The molecular formula is C14H15BrFNOS. The summed E-state index contributed by atoms with van der Waals surface area (Å²) in [5.74, 6) is 0.00783. The highest BCUT2D eigenvalue weighted by Crippen LogP contribution is 2.19. The van der Waals surface area contributed by atoms with E-state index in [4.69, 9.17) is 4.74 Å². The van der Waals surface area contributed by atoms with Gasteiger partial charge in [-0.2, -0.15) is 0 Å². The fourth-order valence-electron chi connectivity index (χ4n) is 1.61. The van der Waals surface area contributed by atoms with Gasteiger partial charge in [0.15, 0.2) is 11.6 Å². The molecule has 1 heterocycles. The van der Waals surface area contributed by atoms with Crippen LogP contribution in [0.25, 0.3) is 0 Å². The van der Waals surface area contributed by atoms with Crippen LogP contribution in [0.15, 0.2) is 34.1 Å². The quantitative estimate of drug-likeness (QED) is 0.796. The van der Waals surface area contributed by atoms with Crippen LogP contribution in [-0.2, 0) is 6.54 Å². The number of halogens is 2. The molecule has 0 aliphatic rings. The van der Waals surface area contributed by atoms with Crippen LogP contribution < -0.4 is 10.1 Å². The van der Waals surface area contributed by atoms with Gasteiger partial charge < -0.3 is 10.1 Å². The SMILES string of the molecule is Cc1ccc(F)c(OCCNCc2cc(Br)cs2)c1. The van der Waals surface area contributed by atoms with E-state index >= 15 is 0 Å². The molecule has 2 nitrogen and oxygen atoms in total. The number of ether oxygens (including phenoxy) is 1. The van der Waals surface area contributed by atoms with E-state index in [2.05, 4.69) is 32.7 Å². The van der Waals surface area contributed by atoms with E-state index in [0.29, 0.717) is 18.9 Å². The molecule has 0 spiro atoms. The van der Waals surface area contributed by atoms with Crippen molar-refractivity contribution in [2.45, 2.75) is 13.5 Å². The zero-order chi connectivity index (χ0) is 13.7. The lowest BCUT2D eigenvalue weighted by Gasteiger charge is -2.08. The molecule has 0 radical (unpaired) electrons. The van der Waals surface area contributed by atoms with Crippen LogP contribution in [0.3, 0.4) is 0 Å². The first-order chi connectivity index (χ1) is 9.15. The molecule has 0 saturated heterocycles. The summed E-state index contributed by atoms with van der Waals surface area (Å²) in [4.78, 5) is 1.26. The van der Waals surface area contributed by atoms with E-state index in [0.717, 1.165) is 16.6 Å². The number of thiophene rings is 1. The first kappa shape index (κ1) is 14.5. The van der Waals surface area contributed by atoms with Crippen molar-refractivity contribution >= 4 is 27.3 Å². The third-order valence-electron chi connectivity index (χ3n) is 2.54. The lowest BCUT2D eigenvalue weighted by molar-refractivity contribution is 0.298. The lowest BCUT2D eigenvalue weighted by atomic mass is 10.2. The summed E-state index contributed by atoms with van der Waals surface area (Å²) in [7, 11) is 0. The van der Waals surface area contributed by atoms with Crippen LogP contribution in [0.5, 0.6) is 5.75 Å². The molecule has 1 aromatic heterocycles. The van der Waals surface area contributed by atoms with Crippen LogP contribution >= 0.6 is 27.3 Å². The molecule has 0 amide bonds. The van der Waals surface area contributed by atoms with Gasteiger partial charge in [0.2, 0.25) is 0 Å². The fraction of sp³-hybridized carbons (Fsp3) is 0.286. The summed E-state index contributed by atoms with van der Waals surface area (Å²) in [6.45, 7) is 3.85. The van der Waals surface area contributed by atoms with Gasteiger partial charge in [-0.05, 0) is 46.6 Å². The maximum absolute atomic E-state index is 13.4. The normalized spacial score (nSPS) is 10.7. The lowest BCUT2D eigenvalue weighted by Crippen LogP contribution is -2.20. The van der Waals surface area contributed by atoms with Crippen LogP contribution in [0.2, 0.25) is 0 Å². The van der Waals surface area contributed by atoms with Crippen LogP contribution in [0.4, 0.5) is 4.39 Å². The maximum Gasteiger partial charge on any atom is 0.165 e. The topological polar surface area (TPSA) is 21.3 Å². The molecule has 102 valence electrons. The maximum atomic E-state index is 13.4. The minimum Gasteiger partial charge on any atom is -0.489 e. The molecule has 2 rings (SSSR count). The smallest absolute Gasteiger partial charge is 0.165 e. The number of nitrogens with one attached hydrogen (secondary N) is 1. The van der Waals surface area contributed by atoms with Gasteiger partial charge in [-0.25, -0.2) is 4.39 Å². The van der Waals surface area contributed by atoms with Crippen molar-refractivity contribution in [3.8, 4) is 5.75 Å². The summed E-state index contributed by atoms with van der Waals surface area (Å²) in [5.41, 5.74) is 0.993. The Kier molecular flexibility index (Phi) is 5.36.